The Bertz CT molecular complexity index is 1080. The number of para-hydroxylation sites is 1. The fourth-order valence-corrected chi connectivity index (χ4v) is 7.64. The van der Waals surface area contributed by atoms with Gasteiger partial charge in [0.2, 0.25) is 0 Å². The predicted molar refractivity (Wildman–Crippen MR) is 117 cm³/mol. The molecular weight excluding hydrogens is 455 g/mol. The van der Waals surface area contributed by atoms with Crippen molar-refractivity contribution in [3.05, 3.63) is 58.6 Å². The molecule has 2 aliphatic heterocycles. The monoisotopic (exact) mass is 470 g/mol. The summed E-state index contributed by atoms with van der Waals surface area (Å²) < 4.78 is 29.7. The molecule has 0 saturated carbocycles. The van der Waals surface area contributed by atoms with Crippen molar-refractivity contribution in [2.24, 2.45) is 4.99 Å². The average Bonchev–Trinajstić information content (AvgIpc) is 3.14. The molecular formula is C19H16Cl2N2O4S2. The van der Waals surface area contributed by atoms with E-state index in [-0.39, 0.29) is 29.4 Å². The van der Waals surface area contributed by atoms with Gasteiger partial charge in [-0.25, -0.2) is 8.42 Å². The number of halogens is 2. The molecule has 2 aromatic rings. The number of aliphatic imine (C=N–C) groups is 1. The van der Waals surface area contributed by atoms with Gasteiger partial charge in [-0.05, 0) is 24.3 Å². The number of rotatable bonds is 4. The van der Waals surface area contributed by atoms with E-state index in [1.165, 1.54) is 11.8 Å². The maximum atomic E-state index is 12.4. The summed E-state index contributed by atoms with van der Waals surface area (Å²) in [6, 6.07) is 13.7. The average molecular weight is 471 g/mol. The van der Waals surface area contributed by atoms with Gasteiger partial charge >= 0.3 is 0 Å². The first-order valence-electron chi connectivity index (χ1n) is 8.74. The molecule has 2 heterocycles. The summed E-state index contributed by atoms with van der Waals surface area (Å²) in [5.41, 5.74) is 0.534. The summed E-state index contributed by atoms with van der Waals surface area (Å²) in [5.74, 6) is 0.103. The molecule has 10 heteroatoms. The number of amides is 1. The Kier molecular flexibility index (Phi) is 5.79. The number of sulfone groups is 1. The molecule has 152 valence electrons. The maximum absolute atomic E-state index is 12.4. The second-order valence-corrected chi connectivity index (χ2v) is 10.8. The van der Waals surface area contributed by atoms with E-state index in [1.807, 2.05) is 18.2 Å². The third-order valence-electron chi connectivity index (χ3n) is 4.58. The quantitative estimate of drug-likeness (QED) is 0.678. The molecule has 1 amide bonds. The van der Waals surface area contributed by atoms with Crippen LogP contribution in [0.4, 0.5) is 5.69 Å². The highest BCUT2D eigenvalue weighted by atomic mass is 35.5. The lowest BCUT2D eigenvalue weighted by molar-refractivity contribution is -0.119. The van der Waals surface area contributed by atoms with Crippen LogP contribution in [0.3, 0.4) is 0 Å². The van der Waals surface area contributed by atoms with Crippen molar-refractivity contribution >= 4 is 61.6 Å². The minimum Gasteiger partial charge on any atom is -0.484 e. The van der Waals surface area contributed by atoms with Gasteiger partial charge in [-0.3, -0.25) is 4.79 Å². The number of carbonyl (C=O) groups is 1. The topological polar surface area (TPSA) is 76.0 Å². The van der Waals surface area contributed by atoms with Gasteiger partial charge in [0.15, 0.2) is 21.6 Å². The van der Waals surface area contributed by atoms with E-state index < -0.39 is 15.7 Å². The van der Waals surface area contributed by atoms with Crippen molar-refractivity contribution in [3.63, 3.8) is 0 Å². The van der Waals surface area contributed by atoms with Crippen LogP contribution in [0.1, 0.15) is 0 Å². The number of benzene rings is 2. The highest BCUT2D eigenvalue weighted by Gasteiger charge is 2.49. The first-order chi connectivity index (χ1) is 13.8. The molecule has 2 atom stereocenters. The fourth-order valence-electron chi connectivity index (χ4n) is 3.33. The van der Waals surface area contributed by atoms with Crippen molar-refractivity contribution in [2.75, 3.05) is 23.0 Å². The maximum Gasteiger partial charge on any atom is 0.285 e. The van der Waals surface area contributed by atoms with Crippen molar-refractivity contribution in [3.8, 4) is 5.75 Å². The van der Waals surface area contributed by atoms with Crippen molar-refractivity contribution in [2.45, 2.75) is 11.3 Å². The van der Waals surface area contributed by atoms with Crippen LogP contribution in [0, 0.1) is 0 Å². The number of fused-ring (bicyclic) bond motifs is 1. The number of hydrogen-bond donors (Lipinski definition) is 0. The van der Waals surface area contributed by atoms with E-state index in [2.05, 4.69) is 4.99 Å². The summed E-state index contributed by atoms with van der Waals surface area (Å²) in [6.45, 7) is -0.223. The fraction of sp³-hybridized carbons (Fsp3) is 0.263. The van der Waals surface area contributed by atoms with E-state index in [1.54, 1.807) is 35.2 Å². The number of thioether (sulfide) groups is 1. The number of carbonyl (C=O) groups excluding carboxylic acids is 1. The molecule has 2 aliphatic rings. The van der Waals surface area contributed by atoms with E-state index in [0.29, 0.717) is 26.6 Å². The van der Waals surface area contributed by atoms with Gasteiger partial charge in [-0.2, -0.15) is 4.99 Å². The number of ether oxygens (including phenoxy) is 1. The molecule has 2 fully saturated rings. The Morgan fingerprint density at radius 3 is 2.66 bits per heavy atom. The summed E-state index contributed by atoms with van der Waals surface area (Å²) in [6.07, 6.45) is 0. The molecule has 0 unspecified atom stereocenters. The lowest BCUT2D eigenvalue weighted by Gasteiger charge is -2.25. The van der Waals surface area contributed by atoms with Crippen molar-refractivity contribution in [1.82, 2.24) is 0 Å². The third kappa shape index (κ3) is 4.40. The predicted octanol–water partition coefficient (Wildman–Crippen LogP) is 3.67. The molecule has 0 spiro atoms. The molecule has 0 N–H and O–H groups in total. The Labute approximate surface area is 182 Å². The Morgan fingerprint density at radius 2 is 1.90 bits per heavy atom. The SMILES string of the molecule is O=C(COc1ccccc1)N=C1S[C@H]2CS(=O)(=O)C[C@H]2N1c1cccc(Cl)c1Cl. The molecule has 4 rings (SSSR count). The summed E-state index contributed by atoms with van der Waals surface area (Å²) in [5, 5.41) is 0.814. The van der Waals surface area contributed by atoms with E-state index in [0.717, 1.165) is 0 Å². The van der Waals surface area contributed by atoms with E-state index in [9.17, 15) is 13.2 Å². The molecule has 29 heavy (non-hydrogen) atoms. The number of anilines is 1. The molecule has 2 saturated heterocycles. The summed E-state index contributed by atoms with van der Waals surface area (Å²) in [4.78, 5) is 18.3. The van der Waals surface area contributed by atoms with E-state index >= 15 is 0 Å². The zero-order chi connectivity index (χ0) is 20.6. The minimum absolute atomic E-state index is 0.0266. The zero-order valence-electron chi connectivity index (χ0n) is 15.0. The lowest BCUT2D eigenvalue weighted by Crippen LogP contribution is -2.38. The van der Waals surface area contributed by atoms with Crippen molar-refractivity contribution < 1.29 is 17.9 Å². The van der Waals surface area contributed by atoms with E-state index in [4.69, 9.17) is 27.9 Å². The van der Waals surface area contributed by atoms with Gasteiger partial charge in [0.25, 0.3) is 5.91 Å². The highest BCUT2D eigenvalue weighted by Crippen LogP contribution is 2.44. The largest absolute Gasteiger partial charge is 0.484 e. The summed E-state index contributed by atoms with van der Waals surface area (Å²) in [7, 11) is -3.17. The zero-order valence-corrected chi connectivity index (χ0v) is 18.1. The van der Waals surface area contributed by atoms with Crippen LogP contribution in [0.5, 0.6) is 5.75 Å². The van der Waals surface area contributed by atoms with Crippen LogP contribution in [-0.2, 0) is 14.6 Å². The molecule has 0 bridgehead atoms. The van der Waals surface area contributed by atoms with Crippen molar-refractivity contribution in [1.29, 1.82) is 0 Å². The van der Waals surface area contributed by atoms with Crippen LogP contribution >= 0.6 is 35.0 Å². The second kappa shape index (κ2) is 8.18. The standard InChI is InChI=1S/C19H16Cl2N2O4S2/c20-13-7-4-8-14(18(13)21)23-15-10-29(25,26)11-16(15)28-19(23)22-17(24)9-27-12-5-2-1-3-6-12/h1-8,15-16H,9-11H2/t15-,16+/m1/s1. The Hall–Kier alpha value is -1.74. The Morgan fingerprint density at radius 1 is 1.14 bits per heavy atom. The number of nitrogens with zero attached hydrogens (tertiary/aromatic N) is 2. The van der Waals surface area contributed by atoms with Gasteiger partial charge in [0.05, 0.1) is 33.3 Å². The number of amidine groups is 1. The van der Waals surface area contributed by atoms with Crippen LogP contribution < -0.4 is 9.64 Å². The van der Waals surface area contributed by atoms with Gasteiger partial charge in [-0.1, -0.05) is 59.2 Å². The number of hydrogen-bond acceptors (Lipinski definition) is 5. The van der Waals surface area contributed by atoms with Gasteiger partial charge < -0.3 is 9.64 Å². The first kappa shape index (κ1) is 20.5. The van der Waals surface area contributed by atoms with Gasteiger partial charge in [0, 0.05) is 5.25 Å². The lowest BCUT2D eigenvalue weighted by atomic mass is 10.2. The normalized spacial score (nSPS) is 23.9. The van der Waals surface area contributed by atoms with Crippen LogP contribution in [0.25, 0.3) is 0 Å². The molecule has 0 radical (unpaired) electrons. The molecule has 2 aromatic carbocycles. The molecule has 0 aromatic heterocycles. The van der Waals surface area contributed by atoms with Crippen LogP contribution in [0.2, 0.25) is 10.0 Å². The third-order valence-corrected chi connectivity index (χ3v) is 8.60. The smallest absolute Gasteiger partial charge is 0.285 e. The Balaban J connectivity index is 1.62. The first-order valence-corrected chi connectivity index (χ1v) is 12.2. The molecule has 6 nitrogen and oxygen atoms in total. The van der Waals surface area contributed by atoms with Crippen LogP contribution in [-0.4, -0.2) is 48.9 Å². The minimum atomic E-state index is -3.17. The van der Waals surface area contributed by atoms with Gasteiger partial charge in [0.1, 0.15) is 5.75 Å². The highest BCUT2D eigenvalue weighted by molar-refractivity contribution is 8.16. The van der Waals surface area contributed by atoms with Crippen LogP contribution in [0.15, 0.2) is 53.5 Å². The van der Waals surface area contributed by atoms with Gasteiger partial charge in [-0.15, -0.1) is 0 Å². The second-order valence-electron chi connectivity index (χ2n) is 6.63. The molecule has 0 aliphatic carbocycles. The summed E-state index contributed by atoms with van der Waals surface area (Å²) >= 11 is 13.8.